The molecule has 1 aliphatic rings. The van der Waals surface area contributed by atoms with Crippen LogP contribution in [0.4, 0.5) is 0 Å². The van der Waals surface area contributed by atoms with Gasteiger partial charge in [0.15, 0.2) is 0 Å². The molecule has 1 aliphatic carbocycles. The molecule has 1 fully saturated rings. The van der Waals surface area contributed by atoms with E-state index in [0.717, 1.165) is 0 Å². The molecule has 1 saturated carbocycles. The van der Waals surface area contributed by atoms with Crippen LogP contribution in [-0.2, 0) is 11.3 Å². The van der Waals surface area contributed by atoms with Crippen LogP contribution in [0.5, 0.6) is 0 Å². The van der Waals surface area contributed by atoms with Crippen LogP contribution < -0.4 is 5.32 Å². The van der Waals surface area contributed by atoms with Crippen LogP contribution in [0.15, 0.2) is 12.3 Å². The van der Waals surface area contributed by atoms with Crippen molar-refractivity contribution in [3.05, 3.63) is 18.0 Å². The molecule has 0 bridgehead atoms. The second-order valence-electron chi connectivity index (χ2n) is 5.31. The van der Waals surface area contributed by atoms with Crippen molar-refractivity contribution in [2.45, 2.75) is 37.8 Å². The van der Waals surface area contributed by atoms with Crippen molar-refractivity contribution < 1.29 is 19.8 Å². The number of aliphatic carboxylic acids is 1. The molecule has 0 unspecified atom stereocenters. The van der Waals surface area contributed by atoms with E-state index in [0.29, 0.717) is 31.4 Å². The molecule has 7 heteroatoms. The van der Waals surface area contributed by atoms with Crippen LogP contribution in [0.3, 0.4) is 0 Å². The smallest absolute Gasteiger partial charge is 0.306 e. The lowest BCUT2D eigenvalue weighted by Gasteiger charge is -2.34. The van der Waals surface area contributed by atoms with Gasteiger partial charge in [-0.1, -0.05) is 0 Å². The molecule has 110 valence electrons. The Bertz CT molecular complexity index is 503. The fourth-order valence-electron chi connectivity index (χ4n) is 2.56. The molecule has 2 rings (SSSR count). The van der Waals surface area contributed by atoms with Crippen LogP contribution >= 0.6 is 0 Å². The molecule has 0 spiro atoms. The Labute approximate surface area is 116 Å². The highest BCUT2D eigenvalue weighted by atomic mass is 16.4. The normalized spacial score (nSPS) is 26.2. The predicted octanol–water partition coefficient (Wildman–Crippen LogP) is 0.249. The van der Waals surface area contributed by atoms with Gasteiger partial charge in [0.2, 0.25) is 0 Å². The van der Waals surface area contributed by atoms with E-state index in [1.54, 1.807) is 12.3 Å². The first-order chi connectivity index (χ1) is 9.43. The number of aliphatic hydroxyl groups is 1. The maximum absolute atomic E-state index is 11.4. The minimum absolute atomic E-state index is 0.273. The van der Waals surface area contributed by atoms with Gasteiger partial charge in [0.1, 0.15) is 5.69 Å². The first-order valence-corrected chi connectivity index (χ1v) is 6.64. The number of carbonyl (C=O) groups is 2. The monoisotopic (exact) mass is 281 g/mol. The van der Waals surface area contributed by atoms with Gasteiger partial charge in [-0.15, -0.1) is 0 Å². The van der Waals surface area contributed by atoms with Crippen LogP contribution in [-0.4, -0.2) is 44.5 Å². The predicted molar refractivity (Wildman–Crippen MR) is 70.2 cm³/mol. The molecule has 20 heavy (non-hydrogen) atoms. The number of aromatic nitrogens is 2. The zero-order valence-electron chi connectivity index (χ0n) is 11.4. The Morgan fingerprint density at radius 2 is 2.15 bits per heavy atom. The third kappa shape index (κ3) is 3.16. The summed E-state index contributed by atoms with van der Waals surface area (Å²) in [6, 6.07) is 1.59. The van der Waals surface area contributed by atoms with Crippen molar-refractivity contribution in [1.82, 2.24) is 15.1 Å². The Morgan fingerprint density at radius 3 is 2.70 bits per heavy atom. The van der Waals surface area contributed by atoms with E-state index >= 15 is 0 Å². The number of hydrogen-bond donors (Lipinski definition) is 3. The highest BCUT2D eigenvalue weighted by Gasteiger charge is 2.36. The maximum Gasteiger partial charge on any atom is 0.306 e. The minimum atomic E-state index is -0.946. The third-order valence-corrected chi connectivity index (χ3v) is 3.82. The van der Waals surface area contributed by atoms with Crippen molar-refractivity contribution in [3.63, 3.8) is 0 Å². The van der Waals surface area contributed by atoms with Crippen molar-refractivity contribution >= 4 is 11.9 Å². The fraction of sp³-hybridized carbons (Fsp3) is 0.615. The van der Waals surface area contributed by atoms with Gasteiger partial charge in [0.05, 0.1) is 18.1 Å². The summed E-state index contributed by atoms with van der Waals surface area (Å²) in [7, 11) is 1.53. The first-order valence-electron chi connectivity index (χ1n) is 6.64. The number of carbonyl (C=O) groups excluding carboxylic acids is 1. The molecule has 1 aromatic heterocycles. The Hall–Kier alpha value is -1.89. The van der Waals surface area contributed by atoms with Gasteiger partial charge in [-0.25, -0.2) is 0 Å². The quantitative estimate of drug-likeness (QED) is 0.733. The molecule has 0 radical (unpaired) electrons. The summed E-state index contributed by atoms with van der Waals surface area (Å²) in [4.78, 5) is 22.3. The van der Waals surface area contributed by atoms with E-state index in [1.165, 1.54) is 11.7 Å². The van der Waals surface area contributed by atoms with Crippen LogP contribution in [0, 0.1) is 5.92 Å². The van der Waals surface area contributed by atoms with E-state index in [9.17, 15) is 14.7 Å². The molecular formula is C13H19N3O4. The zero-order valence-corrected chi connectivity index (χ0v) is 11.4. The van der Waals surface area contributed by atoms with Gasteiger partial charge in [-0.05, 0) is 31.7 Å². The summed E-state index contributed by atoms with van der Waals surface area (Å²) in [5.74, 6) is -1.44. The van der Waals surface area contributed by atoms with Crippen LogP contribution in [0.2, 0.25) is 0 Å². The molecule has 7 nitrogen and oxygen atoms in total. The molecule has 1 heterocycles. The summed E-state index contributed by atoms with van der Waals surface area (Å²) in [6.07, 6.45) is 3.44. The fourth-order valence-corrected chi connectivity index (χ4v) is 2.56. The van der Waals surface area contributed by atoms with E-state index in [4.69, 9.17) is 5.11 Å². The van der Waals surface area contributed by atoms with Crippen LogP contribution in [0.1, 0.15) is 36.2 Å². The highest BCUT2D eigenvalue weighted by Crippen LogP contribution is 2.33. The number of carboxylic acid groups (broad SMARTS) is 1. The average Bonchev–Trinajstić information content (AvgIpc) is 2.86. The molecule has 0 aliphatic heterocycles. The maximum atomic E-state index is 11.4. The zero-order chi connectivity index (χ0) is 14.8. The Balaban J connectivity index is 1.98. The van der Waals surface area contributed by atoms with Crippen molar-refractivity contribution in [2.24, 2.45) is 5.92 Å². The number of rotatable bonds is 4. The lowest BCUT2D eigenvalue weighted by atomic mass is 9.79. The van der Waals surface area contributed by atoms with Crippen LogP contribution in [0.25, 0.3) is 0 Å². The van der Waals surface area contributed by atoms with E-state index in [2.05, 4.69) is 10.4 Å². The molecule has 1 amide bonds. The van der Waals surface area contributed by atoms with E-state index < -0.39 is 11.6 Å². The average molecular weight is 281 g/mol. The largest absolute Gasteiger partial charge is 0.481 e. The molecule has 0 aromatic carbocycles. The summed E-state index contributed by atoms with van der Waals surface area (Å²) in [6.45, 7) is 0.274. The molecule has 0 atom stereocenters. The molecular weight excluding hydrogens is 262 g/mol. The second kappa shape index (κ2) is 5.62. The number of nitrogens with one attached hydrogen (secondary N) is 1. The molecule has 1 aromatic rings. The van der Waals surface area contributed by atoms with Gasteiger partial charge in [-0.3, -0.25) is 14.3 Å². The number of carboxylic acids is 1. The Kier molecular flexibility index (Phi) is 4.08. The molecule has 0 saturated heterocycles. The standard InChI is InChI=1S/C13H19N3O4/c1-14-11(17)10-4-7-16(15-10)8-13(20)5-2-9(3-6-13)12(18)19/h4,7,9,20H,2-3,5-6,8H2,1H3,(H,14,17)(H,18,19). The number of hydrogen-bond acceptors (Lipinski definition) is 4. The lowest BCUT2D eigenvalue weighted by Crippen LogP contribution is -2.40. The van der Waals surface area contributed by atoms with E-state index in [1.807, 2.05) is 0 Å². The highest BCUT2D eigenvalue weighted by molar-refractivity contribution is 5.91. The van der Waals surface area contributed by atoms with Crippen molar-refractivity contribution in [2.75, 3.05) is 7.05 Å². The minimum Gasteiger partial charge on any atom is -0.481 e. The van der Waals surface area contributed by atoms with Crippen molar-refractivity contribution in [1.29, 1.82) is 0 Å². The summed E-state index contributed by atoms with van der Waals surface area (Å²) in [5.41, 5.74) is -0.645. The van der Waals surface area contributed by atoms with Gasteiger partial charge >= 0.3 is 5.97 Å². The first kappa shape index (κ1) is 14.5. The van der Waals surface area contributed by atoms with Gasteiger partial charge < -0.3 is 15.5 Å². The van der Waals surface area contributed by atoms with Gasteiger partial charge in [0, 0.05) is 13.2 Å². The topological polar surface area (TPSA) is 104 Å². The summed E-state index contributed by atoms with van der Waals surface area (Å²) >= 11 is 0. The lowest BCUT2D eigenvalue weighted by molar-refractivity contribution is -0.145. The SMILES string of the molecule is CNC(=O)c1ccn(CC2(O)CCC(C(=O)O)CC2)n1. The van der Waals surface area contributed by atoms with Gasteiger partial charge in [-0.2, -0.15) is 5.10 Å². The van der Waals surface area contributed by atoms with Crippen molar-refractivity contribution in [3.8, 4) is 0 Å². The number of nitrogens with zero attached hydrogens (tertiary/aromatic N) is 2. The molecule has 3 N–H and O–H groups in total. The third-order valence-electron chi connectivity index (χ3n) is 3.82. The number of amides is 1. The Morgan fingerprint density at radius 1 is 1.50 bits per heavy atom. The van der Waals surface area contributed by atoms with Gasteiger partial charge in [0.25, 0.3) is 5.91 Å². The van der Waals surface area contributed by atoms with E-state index in [-0.39, 0.29) is 18.4 Å². The summed E-state index contributed by atoms with van der Waals surface area (Å²) < 4.78 is 1.53. The second-order valence-corrected chi connectivity index (χ2v) is 5.31. The summed E-state index contributed by atoms with van der Waals surface area (Å²) in [5, 5.41) is 26.0.